The number of methoxy groups -OCH3 is 1. The van der Waals surface area contributed by atoms with Crippen molar-refractivity contribution in [1.82, 2.24) is 4.90 Å². The highest BCUT2D eigenvalue weighted by atomic mass is 16.5. The first kappa shape index (κ1) is 14.9. The molecule has 0 saturated heterocycles. The fourth-order valence-corrected chi connectivity index (χ4v) is 1.92. The van der Waals surface area contributed by atoms with Crippen LogP contribution in [-0.4, -0.2) is 50.0 Å². The fourth-order valence-electron chi connectivity index (χ4n) is 1.92. The van der Waals surface area contributed by atoms with Gasteiger partial charge in [0.05, 0.1) is 6.61 Å². The van der Waals surface area contributed by atoms with Crippen molar-refractivity contribution in [2.75, 3.05) is 40.0 Å². The molecule has 0 aliphatic rings. The summed E-state index contributed by atoms with van der Waals surface area (Å²) in [5.41, 5.74) is 0.0402. The lowest BCUT2D eigenvalue weighted by molar-refractivity contribution is 0.0670. The minimum atomic E-state index is 0.0402. The summed E-state index contributed by atoms with van der Waals surface area (Å²) in [5.74, 6) is 0. The van der Waals surface area contributed by atoms with Crippen molar-refractivity contribution in [3.05, 3.63) is 0 Å². The standard InChI is InChI=1S/C12H27NO2/c1-5-7-12(3,11-14)10-13(6-2)8-9-15-4/h14H,5-11H2,1-4H3. The van der Waals surface area contributed by atoms with Crippen LogP contribution in [0.5, 0.6) is 0 Å². The topological polar surface area (TPSA) is 32.7 Å². The van der Waals surface area contributed by atoms with Crippen LogP contribution in [0.3, 0.4) is 0 Å². The predicted octanol–water partition coefficient (Wildman–Crippen LogP) is 1.75. The van der Waals surface area contributed by atoms with Crippen LogP contribution in [0.1, 0.15) is 33.6 Å². The van der Waals surface area contributed by atoms with Gasteiger partial charge < -0.3 is 14.7 Å². The normalized spacial score (nSPS) is 15.6. The summed E-state index contributed by atoms with van der Waals surface area (Å²) in [5, 5.41) is 9.43. The lowest BCUT2D eigenvalue weighted by Crippen LogP contribution is -2.39. The molecule has 0 fully saturated rings. The number of hydrogen-bond donors (Lipinski definition) is 1. The molecule has 92 valence electrons. The highest BCUT2D eigenvalue weighted by Gasteiger charge is 2.24. The molecule has 0 spiro atoms. The Morgan fingerprint density at radius 3 is 2.40 bits per heavy atom. The lowest BCUT2D eigenvalue weighted by atomic mass is 9.86. The molecule has 1 atom stereocenters. The van der Waals surface area contributed by atoms with Gasteiger partial charge in [0.25, 0.3) is 0 Å². The van der Waals surface area contributed by atoms with Crippen LogP contribution in [0.4, 0.5) is 0 Å². The van der Waals surface area contributed by atoms with Crippen LogP contribution in [0.25, 0.3) is 0 Å². The summed E-state index contributed by atoms with van der Waals surface area (Å²) in [4.78, 5) is 2.34. The van der Waals surface area contributed by atoms with Crippen molar-refractivity contribution in [3.63, 3.8) is 0 Å². The van der Waals surface area contributed by atoms with Gasteiger partial charge in [-0.25, -0.2) is 0 Å². The Labute approximate surface area is 94.4 Å². The van der Waals surface area contributed by atoms with Gasteiger partial charge in [-0.1, -0.05) is 27.2 Å². The molecule has 0 aromatic heterocycles. The minimum absolute atomic E-state index is 0.0402. The smallest absolute Gasteiger partial charge is 0.0589 e. The Hall–Kier alpha value is -0.120. The summed E-state index contributed by atoms with van der Waals surface area (Å²) >= 11 is 0. The van der Waals surface area contributed by atoms with Crippen LogP contribution < -0.4 is 0 Å². The van der Waals surface area contributed by atoms with Crippen LogP contribution in [0.15, 0.2) is 0 Å². The zero-order chi connectivity index (χ0) is 11.7. The molecule has 0 amide bonds. The second kappa shape index (κ2) is 8.08. The van der Waals surface area contributed by atoms with E-state index in [2.05, 4.69) is 25.7 Å². The van der Waals surface area contributed by atoms with Gasteiger partial charge in [-0.2, -0.15) is 0 Å². The van der Waals surface area contributed by atoms with Gasteiger partial charge in [-0.15, -0.1) is 0 Å². The summed E-state index contributed by atoms with van der Waals surface area (Å²) in [6, 6.07) is 0. The monoisotopic (exact) mass is 217 g/mol. The van der Waals surface area contributed by atoms with Crippen LogP contribution >= 0.6 is 0 Å². The molecule has 0 rings (SSSR count). The summed E-state index contributed by atoms with van der Waals surface area (Å²) in [6.07, 6.45) is 2.20. The van der Waals surface area contributed by atoms with Gasteiger partial charge in [-0.05, 0) is 13.0 Å². The zero-order valence-corrected chi connectivity index (χ0v) is 10.8. The first-order valence-electron chi connectivity index (χ1n) is 5.94. The lowest BCUT2D eigenvalue weighted by Gasteiger charge is -2.33. The second-order valence-corrected chi connectivity index (χ2v) is 4.58. The largest absolute Gasteiger partial charge is 0.396 e. The SMILES string of the molecule is CCCC(C)(CO)CN(CC)CCOC. The third-order valence-electron chi connectivity index (χ3n) is 2.90. The molecule has 0 aliphatic heterocycles. The second-order valence-electron chi connectivity index (χ2n) is 4.58. The highest BCUT2D eigenvalue weighted by molar-refractivity contribution is 4.77. The third-order valence-corrected chi connectivity index (χ3v) is 2.90. The highest BCUT2D eigenvalue weighted by Crippen LogP contribution is 2.23. The quantitative estimate of drug-likeness (QED) is 0.639. The molecule has 3 heteroatoms. The molecule has 1 unspecified atom stereocenters. The molecule has 15 heavy (non-hydrogen) atoms. The Balaban J connectivity index is 4.09. The molecule has 3 nitrogen and oxygen atoms in total. The van der Waals surface area contributed by atoms with Crippen molar-refractivity contribution in [2.45, 2.75) is 33.6 Å². The number of rotatable bonds is 9. The average Bonchev–Trinajstić information content (AvgIpc) is 2.24. The molecule has 0 bridgehead atoms. The molecule has 0 aromatic rings. The number of likely N-dealkylation sites (N-methyl/N-ethyl adjacent to an activating group) is 1. The number of aliphatic hydroxyl groups excluding tert-OH is 1. The molecule has 0 heterocycles. The molecular formula is C12H27NO2. The minimum Gasteiger partial charge on any atom is -0.396 e. The van der Waals surface area contributed by atoms with E-state index in [1.54, 1.807) is 7.11 Å². The van der Waals surface area contributed by atoms with E-state index in [4.69, 9.17) is 4.74 Å². The summed E-state index contributed by atoms with van der Waals surface area (Å²) in [6.45, 7) is 10.4. The molecular weight excluding hydrogens is 190 g/mol. The molecule has 0 aliphatic carbocycles. The first-order valence-corrected chi connectivity index (χ1v) is 5.94. The van der Waals surface area contributed by atoms with Gasteiger partial charge in [0.15, 0.2) is 0 Å². The van der Waals surface area contributed by atoms with Crippen molar-refractivity contribution in [1.29, 1.82) is 0 Å². The average molecular weight is 217 g/mol. The maximum absolute atomic E-state index is 9.43. The summed E-state index contributed by atoms with van der Waals surface area (Å²) in [7, 11) is 1.73. The van der Waals surface area contributed by atoms with E-state index in [-0.39, 0.29) is 12.0 Å². The van der Waals surface area contributed by atoms with Gasteiger partial charge in [0, 0.05) is 32.2 Å². The molecule has 1 N–H and O–H groups in total. The van der Waals surface area contributed by atoms with Crippen LogP contribution in [0.2, 0.25) is 0 Å². The Morgan fingerprint density at radius 1 is 1.33 bits per heavy atom. The molecule has 0 aromatic carbocycles. The predicted molar refractivity (Wildman–Crippen MR) is 64.1 cm³/mol. The van der Waals surface area contributed by atoms with E-state index >= 15 is 0 Å². The van der Waals surface area contributed by atoms with E-state index in [0.29, 0.717) is 0 Å². The summed E-state index contributed by atoms with van der Waals surface area (Å²) < 4.78 is 5.08. The maximum atomic E-state index is 9.43. The number of hydrogen-bond acceptors (Lipinski definition) is 3. The van der Waals surface area contributed by atoms with E-state index in [9.17, 15) is 5.11 Å². The maximum Gasteiger partial charge on any atom is 0.0589 e. The number of nitrogens with zero attached hydrogens (tertiary/aromatic N) is 1. The zero-order valence-electron chi connectivity index (χ0n) is 10.8. The van der Waals surface area contributed by atoms with E-state index in [1.807, 2.05) is 0 Å². The van der Waals surface area contributed by atoms with Crippen LogP contribution in [-0.2, 0) is 4.74 Å². The Bertz CT molecular complexity index is 153. The van der Waals surface area contributed by atoms with E-state index in [1.165, 1.54) is 0 Å². The van der Waals surface area contributed by atoms with Crippen molar-refractivity contribution in [2.24, 2.45) is 5.41 Å². The number of aliphatic hydroxyl groups is 1. The third kappa shape index (κ3) is 6.13. The molecule has 0 saturated carbocycles. The Morgan fingerprint density at radius 2 is 2.00 bits per heavy atom. The van der Waals surface area contributed by atoms with Gasteiger partial charge in [0.2, 0.25) is 0 Å². The van der Waals surface area contributed by atoms with E-state index < -0.39 is 0 Å². The van der Waals surface area contributed by atoms with Crippen LogP contribution in [0, 0.1) is 5.41 Å². The van der Waals surface area contributed by atoms with Crippen molar-refractivity contribution >= 4 is 0 Å². The first-order chi connectivity index (χ1) is 7.11. The van der Waals surface area contributed by atoms with Crippen molar-refractivity contribution < 1.29 is 9.84 Å². The number of ether oxygens (including phenoxy) is 1. The van der Waals surface area contributed by atoms with Gasteiger partial charge in [-0.3, -0.25) is 0 Å². The van der Waals surface area contributed by atoms with Gasteiger partial charge >= 0.3 is 0 Å². The van der Waals surface area contributed by atoms with Gasteiger partial charge in [0.1, 0.15) is 0 Å². The molecule has 0 radical (unpaired) electrons. The van der Waals surface area contributed by atoms with Crippen molar-refractivity contribution in [3.8, 4) is 0 Å². The Kier molecular flexibility index (Phi) is 8.02. The van der Waals surface area contributed by atoms with E-state index in [0.717, 1.165) is 39.1 Å². The fraction of sp³-hybridized carbons (Fsp3) is 1.00.